The highest BCUT2D eigenvalue weighted by Crippen LogP contribution is 2.23. The maximum atomic E-state index is 12.0. The van der Waals surface area contributed by atoms with Crippen molar-refractivity contribution in [2.24, 2.45) is 0 Å². The molecule has 1 rings (SSSR count). The third kappa shape index (κ3) is 5.41. The van der Waals surface area contributed by atoms with Gasteiger partial charge in [0.05, 0.1) is 6.42 Å². The molecule has 0 saturated heterocycles. The van der Waals surface area contributed by atoms with Crippen molar-refractivity contribution >= 4 is 11.3 Å². The monoisotopic (exact) mass is 253 g/mol. The first kappa shape index (κ1) is 13.4. The molecule has 0 saturated carbocycles. The second-order valence-corrected chi connectivity index (χ2v) is 4.49. The Morgan fingerprint density at radius 2 is 1.94 bits per heavy atom. The topological polar surface area (TPSA) is 37.8 Å². The molecule has 1 aromatic rings. The Labute approximate surface area is 96.1 Å². The van der Waals surface area contributed by atoms with Crippen LogP contribution in [0.5, 0.6) is 0 Å². The van der Waals surface area contributed by atoms with E-state index < -0.39 is 12.6 Å². The van der Waals surface area contributed by atoms with Gasteiger partial charge in [-0.3, -0.25) is 0 Å². The highest BCUT2D eigenvalue weighted by Gasteiger charge is 2.29. The summed E-state index contributed by atoms with van der Waals surface area (Å²) in [4.78, 5) is 0. The Kier molecular flexibility index (Phi) is 5.14. The van der Waals surface area contributed by atoms with E-state index in [9.17, 15) is 13.2 Å². The van der Waals surface area contributed by atoms with Crippen LogP contribution in [0.15, 0.2) is 0 Å². The molecule has 0 fully saturated rings. The number of aromatic nitrogens is 2. The number of rotatable bonds is 6. The molecule has 0 aromatic carbocycles. The van der Waals surface area contributed by atoms with Crippen molar-refractivity contribution < 1.29 is 13.2 Å². The predicted molar refractivity (Wildman–Crippen MR) is 56.5 cm³/mol. The highest BCUT2D eigenvalue weighted by atomic mass is 32.1. The summed E-state index contributed by atoms with van der Waals surface area (Å²) in [5, 5.41) is 11.1. The SMILES string of the molecule is CCNCCCc1nnc(CC(F)(F)F)s1. The minimum Gasteiger partial charge on any atom is -0.317 e. The van der Waals surface area contributed by atoms with Crippen LogP contribution in [0.2, 0.25) is 0 Å². The second kappa shape index (κ2) is 6.15. The first-order valence-corrected chi connectivity index (χ1v) is 5.91. The Morgan fingerprint density at radius 3 is 2.56 bits per heavy atom. The Morgan fingerprint density at radius 1 is 1.25 bits per heavy atom. The van der Waals surface area contributed by atoms with Gasteiger partial charge >= 0.3 is 6.18 Å². The van der Waals surface area contributed by atoms with Gasteiger partial charge in [0.1, 0.15) is 10.0 Å². The summed E-state index contributed by atoms with van der Waals surface area (Å²) in [5.41, 5.74) is 0. The fourth-order valence-electron chi connectivity index (χ4n) is 1.17. The van der Waals surface area contributed by atoms with E-state index in [0.29, 0.717) is 11.4 Å². The quantitative estimate of drug-likeness (QED) is 0.790. The number of nitrogens with one attached hydrogen (secondary N) is 1. The lowest BCUT2D eigenvalue weighted by atomic mass is 10.3. The lowest BCUT2D eigenvalue weighted by Gasteiger charge is -2.00. The molecule has 0 unspecified atom stereocenters. The van der Waals surface area contributed by atoms with Crippen molar-refractivity contribution in [1.29, 1.82) is 0 Å². The van der Waals surface area contributed by atoms with Gasteiger partial charge in [0, 0.05) is 6.42 Å². The lowest BCUT2D eigenvalue weighted by molar-refractivity contribution is -0.127. The molecule has 7 heteroatoms. The molecule has 16 heavy (non-hydrogen) atoms. The predicted octanol–water partition coefficient (Wildman–Crippen LogP) is 2.18. The number of alkyl halides is 3. The molecular formula is C9H14F3N3S. The van der Waals surface area contributed by atoms with Gasteiger partial charge in [0.25, 0.3) is 0 Å². The zero-order valence-corrected chi connectivity index (χ0v) is 9.79. The van der Waals surface area contributed by atoms with Gasteiger partial charge in [-0.05, 0) is 19.5 Å². The van der Waals surface area contributed by atoms with Crippen LogP contribution in [0.1, 0.15) is 23.4 Å². The molecule has 0 amide bonds. The number of hydrogen-bond donors (Lipinski definition) is 1. The van der Waals surface area contributed by atoms with Gasteiger partial charge in [-0.25, -0.2) is 0 Å². The number of aryl methyl sites for hydroxylation is 1. The van der Waals surface area contributed by atoms with Gasteiger partial charge in [0.15, 0.2) is 0 Å². The van der Waals surface area contributed by atoms with Crippen LogP contribution in [-0.4, -0.2) is 29.5 Å². The first-order valence-electron chi connectivity index (χ1n) is 5.10. The summed E-state index contributed by atoms with van der Waals surface area (Å²) >= 11 is 1.05. The Hall–Kier alpha value is -0.690. The molecule has 0 spiro atoms. The largest absolute Gasteiger partial charge is 0.395 e. The van der Waals surface area contributed by atoms with Crippen LogP contribution in [0.3, 0.4) is 0 Å². The summed E-state index contributed by atoms with van der Waals surface area (Å²) in [5.74, 6) is 0. The Bertz CT molecular complexity index is 311. The van der Waals surface area contributed by atoms with Gasteiger partial charge in [-0.2, -0.15) is 13.2 Å². The fraction of sp³-hybridized carbons (Fsp3) is 0.778. The molecular weight excluding hydrogens is 239 g/mol. The maximum absolute atomic E-state index is 12.0. The summed E-state index contributed by atoms with van der Waals surface area (Å²) in [6, 6.07) is 0. The summed E-state index contributed by atoms with van der Waals surface area (Å²) in [7, 11) is 0. The molecule has 0 aliphatic rings. The van der Waals surface area contributed by atoms with E-state index >= 15 is 0 Å². The lowest BCUT2D eigenvalue weighted by Crippen LogP contribution is -2.14. The summed E-state index contributed by atoms with van der Waals surface area (Å²) in [6.07, 6.45) is -3.62. The number of halogens is 3. The smallest absolute Gasteiger partial charge is 0.317 e. The molecule has 0 aliphatic heterocycles. The normalized spacial score (nSPS) is 12.0. The fourth-order valence-corrected chi connectivity index (χ4v) is 2.09. The van der Waals surface area contributed by atoms with Crippen molar-refractivity contribution in [3.63, 3.8) is 0 Å². The van der Waals surface area contributed by atoms with Crippen molar-refractivity contribution in [2.75, 3.05) is 13.1 Å². The maximum Gasteiger partial charge on any atom is 0.395 e. The molecule has 3 nitrogen and oxygen atoms in total. The number of nitrogens with zero attached hydrogens (tertiary/aromatic N) is 2. The molecule has 92 valence electrons. The van der Waals surface area contributed by atoms with Crippen molar-refractivity contribution in [2.45, 2.75) is 32.4 Å². The molecule has 0 bridgehead atoms. The van der Waals surface area contributed by atoms with Crippen LogP contribution < -0.4 is 5.32 Å². The highest BCUT2D eigenvalue weighted by molar-refractivity contribution is 7.11. The second-order valence-electron chi connectivity index (χ2n) is 3.34. The summed E-state index contributed by atoms with van der Waals surface area (Å²) in [6.45, 7) is 3.76. The van der Waals surface area contributed by atoms with Crippen LogP contribution in [-0.2, 0) is 12.8 Å². The minimum absolute atomic E-state index is 0.0472. The Balaban J connectivity index is 2.34. The molecule has 0 atom stereocenters. The third-order valence-electron chi connectivity index (χ3n) is 1.85. The average molecular weight is 253 g/mol. The van der Waals surface area contributed by atoms with E-state index in [2.05, 4.69) is 15.5 Å². The van der Waals surface area contributed by atoms with Crippen LogP contribution in [0, 0.1) is 0 Å². The van der Waals surface area contributed by atoms with E-state index in [1.54, 1.807) is 0 Å². The number of hydrogen-bond acceptors (Lipinski definition) is 4. The zero-order chi connectivity index (χ0) is 12.0. The average Bonchev–Trinajstić information content (AvgIpc) is 2.58. The molecule has 1 heterocycles. The van der Waals surface area contributed by atoms with Gasteiger partial charge in [-0.1, -0.05) is 6.92 Å². The van der Waals surface area contributed by atoms with Gasteiger partial charge in [0.2, 0.25) is 0 Å². The standard InChI is InChI=1S/C9H14F3N3S/c1-2-13-5-3-4-7-14-15-8(16-7)6-9(10,11)12/h13H,2-6H2,1H3. The van der Waals surface area contributed by atoms with Crippen molar-refractivity contribution in [3.8, 4) is 0 Å². The van der Waals surface area contributed by atoms with Crippen LogP contribution in [0.25, 0.3) is 0 Å². The van der Waals surface area contributed by atoms with Gasteiger partial charge < -0.3 is 5.32 Å². The third-order valence-corrected chi connectivity index (χ3v) is 2.84. The minimum atomic E-state index is -4.19. The zero-order valence-electron chi connectivity index (χ0n) is 8.97. The first-order chi connectivity index (χ1) is 7.51. The van der Waals surface area contributed by atoms with E-state index in [1.807, 2.05) is 6.92 Å². The van der Waals surface area contributed by atoms with E-state index in [4.69, 9.17) is 0 Å². The molecule has 0 aliphatic carbocycles. The van der Waals surface area contributed by atoms with E-state index in [1.165, 1.54) is 0 Å². The molecule has 1 aromatic heterocycles. The van der Waals surface area contributed by atoms with E-state index in [-0.39, 0.29) is 5.01 Å². The molecule has 1 N–H and O–H groups in total. The van der Waals surface area contributed by atoms with E-state index in [0.717, 1.165) is 30.8 Å². The van der Waals surface area contributed by atoms with Crippen LogP contribution >= 0.6 is 11.3 Å². The molecule has 0 radical (unpaired) electrons. The van der Waals surface area contributed by atoms with Crippen molar-refractivity contribution in [1.82, 2.24) is 15.5 Å². The van der Waals surface area contributed by atoms with Gasteiger partial charge in [-0.15, -0.1) is 21.5 Å². The summed E-state index contributed by atoms with van der Waals surface area (Å²) < 4.78 is 36.1. The van der Waals surface area contributed by atoms with Crippen LogP contribution in [0.4, 0.5) is 13.2 Å². The van der Waals surface area contributed by atoms with Crippen molar-refractivity contribution in [3.05, 3.63) is 10.0 Å².